The van der Waals surface area contributed by atoms with Crippen LogP contribution in [0.2, 0.25) is 10.6 Å². The lowest BCUT2D eigenvalue weighted by atomic mass is 9.79. The van der Waals surface area contributed by atoms with Gasteiger partial charge in [0.2, 0.25) is 16.5 Å². The van der Waals surface area contributed by atoms with Gasteiger partial charge in [-0.25, -0.2) is 0 Å². The molecule has 0 atom stereocenters. The van der Waals surface area contributed by atoms with Gasteiger partial charge in [0.15, 0.2) is 0 Å². The fourth-order valence-corrected chi connectivity index (χ4v) is 4.80. The minimum Gasteiger partial charge on any atom is -0.338 e. The van der Waals surface area contributed by atoms with E-state index in [-0.39, 0.29) is 21.6 Å². The van der Waals surface area contributed by atoms with Crippen LogP contribution < -0.4 is 10.2 Å². The predicted molar refractivity (Wildman–Crippen MR) is 115 cm³/mol. The number of hydrogen-bond acceptors (Lipinski definition) is 5. The molecule has 0 radical (unpaired) electrons. The fourth-order valence-electron chi connectivity index (χ4n) is 4.44. The van der Waals surface area contributed by atoms with Gasteiger partial charge in [-0.1, -0.05) is 39.0 Å². The summed E-state index contributed by atoms with van der Waals surface area (Å²) in [6, 6.07) is 0.335. The summed E-state index contributed by atoms with van der Waals surface area (Å²) in [6.45, 7) is 12.2. The predicted octanol–water partition coefficient (Wildman–Crippen LogP) is 5.65. The van der Waals surface area contributed by atoms with Crippen molar-refractivity contribution in [1.82, 2.24) is 20.3 Å². The Bertz CT molecular complexity index is 570. The molecule has 5 nitrogen and oxygen atoms in total. The molecule has 1 N–H and O–H groups in total. The van der Waals surface area contributed by atoms with Crippen LogP contribution >= 0.6 is 23.2 Å². The lowest BCUT2D eigenvalue weighted by Crippen LogP contribution is -2.62. The molecule has 2 rings (SSSR count). The van der Waals surface area contributed by atoms with E-state index in [1.807, 2.05) is 0 Å². The Morgan fingerprint density at radius 2 is 1.41 bits per heavy atom. The molecule has 1 fully saturated rings. The van der Waals surface area contributed by atoms with Crippen LogP contribution in [0.15, 0.2) is 0 Å². The van der Waals surface area contributed by atoms with Crippen molar-refractivity contribution in [3.8, 4) is 0 Å². The molecule has 1 aromatic rings. The first kappa shape index (κ1) is 22.6. The first-order chi connectivity index (χ1) is 12.6. The van der Waals surface area contributed by atoms with E-state index in [0.717, 1.165) is 25.8 Å². The second kappa shape index (κ2) is 9.71. The zero-order chi connectivity index (χ0) is 20.1. The monoisotopic (exact) mass is 415 g/mol. The molecule has 2 heterocycles. The largest absolute Gasteiger partial charge is 0.338 e. The normalized spacial score (nSPS) is 19.2. The second-order valence-electron chi connectivity index (χ2n) is 9.09. The third-order valence-electron chi connectivity index (χ3n) is 5.19. The molecule has 154 valence electrons. The van der Waals surface area contributed by atoms with E-state index in [0.29, 0.717) is 12.0 Å². The van der Waals surface area contributed by atoms with Gasteiger partial charge in [-0.3, -0.25) is 0 Å². The van der Waals surface area contributed by atoms with Crippen LogP contribution in [0.1, 0.15) is 86.0 Å². The number of unbranched alkanes of at least 4 members (excludes halogenated alkanes) is 5. The average molecular weight is 416 g/mol. The SMILES string of the molecule is CCCCCCCCN(c1nc(Cl)nc(Cl)n1)C1CC(C)(C)NC(C)(C)C1. The molecule has 7 heteroatoms. The van der Waals surface area contributed by atoms with Crippen molar-refractivity contribution >= 4 is 29.2 Å². The second-order valence-corrected chi connectivity index (χ2v) is 9.77. The Hall–Kier alpha value is -0.650. The lowest BCUT2D eigenvalue weighted by molar-refractivity contribution is 0.157. The number of nitrogens with one attached hydrogen (secondary N) is 1. The Kier molecular flexibility index (Phi) is 8.14. The molecule has 1 aliphatic heterocycles. The van der Waals surface area contributed by atoms with Gasteiger partial charge in [0.25, 0.3) is 0 Å². The van der Waals surface area contributed by atoms with Crippen LogP contribution in [-0.4, -0.2) is 38.6 Å². The number of nitrogens with zero attached hydrogens (tertiary/aromatic N) is 4. The number of piperidine rings is 1. The number of hydrogen-bond donors (Lipinski definition) is 1. The van der Waals surface area contributed by atoms with E-state index in [2.05, 4.69) is 59.8 Å². The molecule has 27 heavy (non-hydrogen) atoms. The number of aromatic nitrogens is 3. The van der Waals surface area contributed by atoms with Crippen molar-refractivity contribution in [2.24, 2.45) is 0 Å². The summed E-state index contributed by atoms with van der Waals surface area (Å²) in [6.07, 6.45) is 9.57. The summed E-state index contributed by atoms with van der Waals surface area (Å²) in [4.78, 5) is 15.0. The van der Waals surface area contributed by atoms with Gasteiger partial charge in [-0.15, -0.1) is 0 Å². The molecule has 1 saturated heterocycles. The van der Waals surface area contributed by atoms with E-state index in [4.69, 9.17) is 23.2 Å². The van der Waals surface area contributed by atoms with Gasteiger partial charge in [-0.2, -0.15) is 15.0 Å². The molecule has 0 spiro atoms. The molecule has 1 aliphatic rings. The van der Waals surface area contributed by atoms with Gasteiger partial charge in [0.05, 0.1) is 0 Å². The quantitative estimate of drug-likeness (QED) is 0.527. The highest BCUT2D eigenvalue weighted by atomic mass is 35.5. The first-order valence-corrected chi connectivity index (χ1v) is 11.0. The van der Waals surface area contributed by atoms with E-state index in [1.165, 1.54) is 32.1 Å². The zero-order valence-corrected chi connectivity index (χ0v) is 19.0. The Labute approximate surface area is 174 Å². The van der Waals surface area contributed by atoms with Crippen molar-refractivity contribution < 1.29 is 0 Å². The van der Waals surface area contributed by atoms with E-state index >= 15 is 0 Å². The van der Waals surface area contributed by atoms with E-state index < -0.39 is 0 Å². The van der Waals surface area contributed by atoms with Gasteiger partial charge in [0, 0.05) is 23.7 Å². The highest BCUT2D eigenvalue weighted by molar-refractivity contribution is 6.31. The Morgan fingerprint density at radius 1 is 0.889 bits per heavy atom. The number of halogens is 2. The van der Waals surface area contributed by atoms with Gasteiger partial charge in [0.1, 0.15) is 0 Å². The molecule has 0 aliphatic carbocycles. The number of rotatable bonds is 9. The van der Waals surface area contributed by atoms with E-state index in [1.54, 1.807) is 0 Å². The Balaban J connectivity index is 2.16. The van der Waals surface area contributed by atoms with Crippen LogP contribution in [0.4, 0.5) is 5.95 Å². The minimum atomic E-state index is 0.0480. The van der Waals surface area contributed by atoms with Crippen LogP contribution in [-0.2, 0) is 0 Å². The summed E-state index contributed by atoms with van der Waals surface area (Å²) in [5.74, 6) is 0.604. The third-order valence-corrected chi connectivity index (χ3v) is 5.53. The first-order valence-electron chi connectivity index (χ1n) is 10.2. The summed E-state index contributed by atoms with van der Waals surface area (Å²) >= 11 is 12.2. The van der Waals surface area contributed by atoms with Gasteiger partial charge < -0.3 is 10.2 Å². The van der Waals surface area contributed by atoms with Crippen LogP contribution in [0.5, 0.6) is 0 Å². The molecule has 0 aromatic carbocycles. The maximum Gasteiger partial charge on any atom is 0.231 e. The summed E-state index contributed by atoms with van der Waals surface area (Å²) in [5.41, 5.74) is 0.0961. The highest BCUT2D eigenvalue weighted by Crippen LogP contribution is 2.33. The Morgan fingerprint density at radius 3 is 1.96 bits per heavy atom. The lowest BCUT2D eigenvalue weighted by Gasteiger charge is -2.49. The van der Waals surface area contributed by atoms with Crippen LogP contribution in [0.3, 0.4) is 0 Å². The minimum absolute atomic E-state index is 0.0480. The molecule has 0 bridgehead atoms. The maximum atomic E-state index is 6.08. The van der Waals surface area contributed by atoms with Gasteiger partial charge >= 0.3 is 0 Å². The topological polar surface area (TPSA) is 53.9 Å². The van der Waals surface area contributed by atoms with Crippen molar-refractivity contribution in [1.29, 1.82) is 0 Å². The fraction of sp³-hybridized carbons (Fsp3) is 0.850. The average Bonchev–Trinajstić information content (AvgIpc) is 2.50. The van der Waals surface area contributed by atoms with Crippen molar-refractivity contribution in [2.75, 3.05) is 11.4 Å². The number of anilines is 1. The summed E-state index contributed by atoms with van der Waals surface area (Å²) in [5, 5.41) is 4.07. The van der Waals surface area contributed by atoms with Crippen molar-refractivity contribution in [3.05, 3.63) is 10.6 Å². The smallest absolute Gasteiger partial charge is 0.231 e. The van der Waals surface area contributed by atoms with E-state index in [9.17, 15) is 0 Å². The molecule has 0 saturated carbocycles. The maximum absolute atomic E-state index is 6.08. The molecule has 1 aromatic heterocycles. The third kappa shape index (κ3) is 7.35. The standard InChI is InChI=1S/C20H35Cl2N5/c1-6-7-8-9-10-11-12-27(18-24-16(21)23-17(22)25-18)15-13-19(2,3)26-20(4,5)14-15/h15,26H,6-14H2,1-5H3. The van der Waals surface area contributed by atoms with Crippen LogP contribution in [0, 0.1) is 0 Å². The van der Waals surface area contributed by atoms with Crippen molar-refractivity contribution in [3.63, 3.8) is 0 Å². The molecular formula is C20H35Cl2N5. The molecule has 0 unspecified atom stereocenters. The van der Waals surface area contributed by atoms with Gasteiger partial charge in [-0.05, 0) is 70.2 Å². The molecule has 0 amide bonds. The highest BCUT2D eigenvalue weighted by Gasteiger charge is 2.40. The summed E-state index contributed by atoms with van der Waals surface area (Å²) in [7, 11) is 0. The van der Waals surface area contributed by atoms with Crippen LogP contribution in [0.25, 0.3) is 0 Å². The zero-order valence-electron chi connectivity index (χ0n) is 17.5. The molecular weight excluding hydrogens is 381 g/mol. The van der Waals surface area contributed by atoms with Crippen molar-refractivity contribution in [2.45, 2.75) is 103 Å². The summed E-state index contributed by atoms with van der Waals surface area (Å²) < 4.78 is 0.